The van der Waals surface area contributed by atoms with E-state index in [1.165, 1.54) is 18.2 Å². The van der Waals surface area contributed by atoms with E-state index in [0.29, 0.717) is 42.6 Å². The van der Waals surface area contributed by atoms with Crippen molar-refractivity contribution < 1.29 is 32.5 Å². The lowest BCUT2D eigenvalue weighted by Crippen LogP contribution is -2.25. The summed E-state index contributed by atoms with van der Waals surface area (Å²) >= 11 is 0. The summed E-state index contributed by atoms with van der Waals surface area (Å²) in [6, 6.07) is 7.39. The van der Waals surface area contributed by atoms with Crippen LogP contribution in [-0.2, 0) is 4.74 Å². The number of aliphatic hydroxyl groups is 1. The molecule has 0 aromatic heterocycles. The topological polar surface area (TPSA) is 55.8 Å². The van der Waals surface area contributed by atoms with Crippen molar-refractivity contribution in [3.8, 4) is 5.75 Å². The summed E-state index contributed by atoms with van der Waals surface area (Å²) in [6.45, 7) is 5.54. The van der Waals surface area contributed by atoms with E-state index in [4.69, 9.17) is 9.47 Å². The summed E-state index contributed by atoms with van der Waals surface area (Å²) in [5.41, 5.74) is 0.625. The maximum Gasteiger partial charge on any atom is 0.341 e. The molecule has 0 saturated heterocycles. The zero-order chi connectivity index (χ0) is 26.5. The first-order valence-corrected chi connectivity index (χ1v) is 13.2. The summed E-state index contributed by atoms with van der Waals surface area (Å²) < 4.78 is 55.4. The molecule has 0 radical (unpaired) electrons. The molecule has 2 aromatic rings. The van der Waals surface area contributed by atoms with Crippen LogP contribution in [0.5, 0.6) is 5.75 Å². The largest absolute Gasteiger partial charge is 0.489 e. The van der Waals surface area contributed by atoms with E-state index in [9.17, 15) is 14.3 Å². The molecule has 7 heteroatoms. The van der Waals surface area contributed by atoms with Gasteiger partial charge in [0.15, 0.2) is 11.6 Å². The second kappa shape index (κ2) is 12.2. The van der Waals surface area contributed by atoms with Gasteiger partial charge in [0.05, 0.1) is 11.7 Å². The normalized spacial score (nSPS) is 24.8. The van der Waals surface area contributed by atoms with Crippen LogP contribution in [0.1, 0.15) is 91.6 Å². The van der Waals surface area contributed by atoms with E-state index in [1.54, 1.807) is 19.1 Å². The quantitative estimate of drug-likeness (QED) is 0.298. The zero-order valence-electron chi connectivity index (χ0n) is 21.2. The van der Waals surface area contributed by atoms with E-state index in [1.807, 2.05) is 0 Å². The molecule has 2 fully saturated rings. The number of aliphatic hydroxyl groups excluding tert-OH is 1. The van der Waals surface area contributed by atoms with Crippen LogP contribution < -0.4 is 4.74 Å². The van der Waals surface area contributed by atoms with E-state index in [2.05, 4.69) is 6.58 Å². The first kappa shape index (κ1) is 27.2. The highest BCUT2D eigenvalue weighted by atomic mass is 19.2. The van der Waals surface area contributed by atoms with Crippen LogP contribution in [-0.4, -0.2) is 29.9 Å². The predicted octanol–water partition coefficient (Wildman–Crippen LogP) is 7.21. The van der Waals surface area contributed by atoms with Crippen molar-refractivity contribution in [3.05, 3.63) is 77.1 Å². The molecule has 2 aliphatic carbocycles. The molecular weight excluding hydrogens is 481 g/mol. The lowest BCUT2D eigenvalue weighted by Gasteiger charge is -2.31. The third-order valence-corrected chi connectivity index (χ3v) is 7.95. The SMILES string of the molecule is C=CCOc1ccc(C(=O)OC2CCC(c3ccc(C4CCC(C(C)O)CC4)c(F)c3F)CC2)c(F)c1. The van der Waals surface area contributed by atoms with Crippen LogP contribution in [0.4, 0.5) is 13.2 Å². The van der Waals surface area contributed by atoms with Crippen LogP contribution in [0, 0.1) is 23.4 Å². The smallest absolute Gasteiger partial charge is 0.341 e. The van der Waals surface area contributed by atoms with Crippen molar-refractivity contribution in [2.75, 3.05) is 6.61 Å². The molecule has 2 aromatic carbocycles. The fourth-order valence-corrected chi connectivity index (χ4v) is 5.74. The molecule has 4 rings (SSSR count). The summed E-state index contributed by atoms with van der Waals surface area (Å²) in [4.78, 5) is 12.5. The Balaban J connectivity index is 1.33. The van der Waals surface area contributed by atoms with Gasteiger partial charge >= 0.3 is 5.97 Å². The summed E-state index contributed by atoms with van der Waals surface area (Å²) in [7, 11) is 0. The van der Waals surface area contributed by atoms with Crippen LogP contribution in [0.2, 0.25) is 0 Å². The van der Waals surface area contributed by atoms with Crippen LogP contribution >= 0.6 is 0 Å². The Bertz CT molecular complexity index is 1100. The minimum Gasteiger partial charge on any atom is -0.489 e. The van der Waals surface area contributed by atoms with Crippen molar-refractivity contribution in [1.82, 2.24) is 0 Å². The third-order valence-electron chi connectivity index (χ3n) is 7.95. The van der Waals surface area contributed by atoms with Gasteiger partial charge < -0.3 is 14.6 Å². The van der Waals surface area contributed by atoms with Crippen molar-refractivity contribution in [3.63, 3.8) is 0 Å². The van der Waals surface area contributed by atoms with E-state index < -0.39 is 29.5 Å². The minimum absolute atomic E-state index is 0.0308. The first-order chi connectivity index (χ1) is 17.8. The molecule has 0 bridgehead atoms. The van der Waals surface area contributed by atoms with Crippen molar-refractivity contribution >= 4 is 5.97 Å². The van der Waals surface area contributed by atoms with Gasteiger partial charge in [-0.05, 0) is 99.3 Å². The number of hydrogen-bond donors (Lipinski definition) is 1. The van der Waals surface area contributed by atoms with Gasteiger partial charge in [0.25, 0.3) is 0 Å². The third kappa shape index (κ3) is 6.38. The molecule has 0 amide bonds. The molecule has 0 spiro atoms. The second-order valence-electron chi connectivity index (χ2n) is 10.3. The number of halogens is 3. The van der Waals surface area contributed by atoms with Crippen LogP contribution in [0.15, 0.2) is 43.0 Å². The Morgan fingerprint density at radius 3 is 2.05 bits per heavy atom. The summed E-state index contributed by atoms with van der Waals surface area (Å²) in [6.07, 6.45) is 5.94. The van der Waals surface area contributed by atoms with E-state index in [0.717, 1.165) is 31.7 Å². The number of rotatable bonds is 8. The molecular formula is C30H35F3O4. The molecule has 37 heavy (non-hydrogen) atoms. The molecule has 0 aliphatic heterocycles. The molecule has 200 valence electrons. The highest BCUT2D eigenvalue weighted by Crippen LogP contribution is 2.41. The van der Waals surface area contributed by atoms with Crippen LogP contribution in [0.3, 0.4) is 0 Å². The molecule has 1 N–H and O–H groups in total. The second-order valence-corrected chi connectivity index (χ2v) is 10.3. The molecule has 1 unspecified atom stereocenters. The molecule has 0 heterocycles. The molecule has 2 aliphatic rings. The number of esters is 1. The van der Waals surface area contributed by atoms with Gasteiger partial charge in [0.1, 0.15) is 24.3 Å². The number of carbonyl (C=O) groups is 1. The first-order valence-electron chi connectivity index (χ1n) is 13.2. The Morgan fingerprint density at radius 1 is 0.973 bits per heavy atom. The van der Waals surface area contributed by atoms with E-state index in [-0.39, 0.29) is 36.0 Å². The van der Waals surface area contributed by atoms with Gasteiger partial charge in [0, 0.05) is 6.07 Å². The van der Waals surface area contributed by atoms with Gasteiger partial charge in [-0.2, -0.15) is 0 Å². The lowest BCUT2D eigenvalue weighted by atomic mass is 9.76. The maximum absolute atomic E-state index is 15.1. The standard InChI is InChI=1S/C30H35F3O4/c1-3-16-36-23-12-13-26(27(31)17-23)30(35)37-22-10-8-21(9-11-22)25-15-14-24(28(32)29(25)33)20-6-4-19(5-7-20)18(2)34/h3,12-15,17-22,34H,1,4-11,16H2,2H3. The molecule has 2 saturated carbocycles. The number of hydrogen-bond acceptors (Lipinski definition) is 4. The Kier molecular flexibility index (Phi) is 8.95. The summed E-state index contributed by atoms with van der Waals surface area (Å²) in [5, 5.41) is 9.80. The van der Waals surface area contributed by atoms with Crippen molar-refractivity contribution in [1.29, 1.82) is 0 Å². The monoisotopic (exact) mass is 516 g/mol. The zero-order valence-corrected chi connectivity index (χ0v) is 21.2. The van der Waals surface area contributed by atoms with Crippen LogP contribution in [0.25, 0.3) is 0 Å². The Morgan fingerprint density at radius 2 is 1.54 bits per heavy atom. The lowest BCUT2D eigenvalue weighted by molar-refractivity contribution is 0.0189. The number of ether oxygens (including phenoxy) is 2. The number of benzene rings is 2. The predicted molar refractivity (Wildman–Crippen MR) is 135 cm³/mol. The molecule has 4 nitrogen and oxygen atoms in total. The van der Waals surface area contributed by atoms with Gasteiger partial charge in [-0.1, -0.05) is 24.8 Å². The Labute approximate surface area is 216 Å². The highest BCUT2D eigenvalue weighted by molar-refractivity contribution is 5.90. The minimum atomic E-state index is -0.781. The number of carbonyl (C=O) groups excluding carboxylic acids is 1. The van der Waals surface area contributed by atoms with Gasteiger partial charge in [-0.25, -0.2) is 18.0 Å². The van der Waals surface area contributed by atoms with Gasteiger partial charge in [0.2, 0.25) is 0 Å². The highest BCUT2D eigenvalue weighted by Gasteiger charge is 2.31. The Hall–Kier alpha value is -2.80. The van der Waals surface area contributed by atoms with Gasteiger partial charge in [-0.15, -0.1) is 0 Å². The van der Waals surface area contributed by atoms with Crippen molar-refractivity contribution in [2.45, 2.75) is 82.3 Å². The van der Waals surface area contributed by atoms with Crippen molar-refractivity contribution in [2.24, 2.45) is 5.92 Å². The summed E-state index contributed by atoms with van der Waals surface area (Å²) in [5.74, 6) is -2.69. The van der Waals surface area contributed by atoms with Gasteiger partial charge in [-0.3, -0.25) is 0 Å². The average molecular weight is 517 g/mol. The average Bonchev–Trinajstić information content (AvgIpc) is 2.89. The van der Waals surface area contributed by atoms with E-state index >= 15 is 8.78 Å². The fourth-order valence-electron chi connectivity index (χ4n) is 5.74. The maximum atomic E-state index is 15.1. The molecule has 1 atom stereocenters. The fraction of sp³-hybridized carbons (Fsp3) is 0.500.